The number of carbonyl (C=O) groups excluding carboxylic acids is 1. The van der Waals surface area contributed by atoms with E-state index in [1.807, 2.05) is 6.92 Å². The largest absolute Gasteiger partial charge is 0.305 e. The van der Waals surface area contributed by atoms with E-state index >= 15 is 0 Å². The lowest BCUT2D eigenvalue weighted by Gasteiger charge is -2.00. The lowest BCUT2D eigenvalue weighted by molar-refractivity contribution is 0.102. The van der Waals surface area contributed by atoms with Crippen molar-refractivity contribution in [2.75, 3.05) is 5.32 Å². The second-order valence-corrected chi connectivity index (χ2v) is 3.18. The Hall–Kier alpha value is -2.10. The number of H-pyrrole nitrogens is 1. The van der Waals surface area contributed by atoms with Crippen LogP contribution in [0.15, 0.2) is 30.3 Å². The third-order valence-electron chi connectivity index (χ3n) is 1.93. The first-order valence-electron chi connectivity index (χ1n) is 4.55. The highest BCUT2D eigenvalue weighted by Crippen LogP contribution is 2.06. The molecule has 2 aromatic rings. The Bertz CT molecular complexity index is 462. The molecule has 2 rings (SSSR count). The molecular formula is C11H10N3O. The van der Waals surface area contributed by atoms with Gasteiger partial charge < -0.3 is 5.32 Å². The predicted molar refractivity (Wildman–Crippen MR) is 56.6 cm³/mol. The van der Waals surface area contributed by atoms with Crippen LogP contribution in [0.3, 0.4) is 0 Å². The van der Waals surface area contributed by atoms with Crippen molar-refractivity contribution in [3.05, 3.63) is 47.7 Å². The molecule has 0 unspecified atom stereocenters. The van der Waals surface area contributed by atoms with E-state index in [1.165, 1.54) is 0 Å². The summed E-state index contributed by atoms with van der Waals surface area (Å²) < 4.78 is 0. The summed E-state index contributed by atoms with van der Waals surface area (Å²) in [6.45, 7) is 1.88. The summed E-state index contributed by atoms with van der Waals surface area (Å²) >= 11 is 0. The number of aryl methyl sites for hydroxylation is 1. The van der Waals surface area contributed by atoms with Crippen molar-refractivity contribution in [3.63, 3.8) is 0 Å². The van der Waals surface area contributed by atoms with Gasteiger partial charge in [-0.05, 0) is 25.1 Å². The van der Waals surface area contributed by atoms with Crippen LogP contribution < -0.4 is 5.32 Å². The molecule has 1 aromatic carbocycles. The van der Waals surface area contributed by atoms with Gasteiger partial charge in [-0.3, -0.25) is 9.89 Å². The van der Waals surface area contributed by atoms with Crippen molar-refractivity contribution >= 4 is 11.7 Å². The van der Waals surface area contributed by atoms with Crippen LogP contribution >= 0.6 is 0 Å². The number of carbonyl (C=O) groups is 1. The molecule has 4 heteroatoms. The van der Waals surface area contributed by atoms with Gasteiger partial charge in [0, 0.05) is 17.3 Å². The lowest BCUT2D eigenvalue weighted by Crippen LogP contribution is -2.11. The van der Waals surface area contributed by atoms with Gasteiger partial charge in [-0.1, -0.05) is 12.1 Å². The first kappa shape index (κ1) is 9.45. The maximum Gasteiger partial charge on any atom is 0.256 e. The van der Waals surface area contributed by atoms with E-state index < -0.39 is 0 Å². The highest BCUT2D eigenvalue weighted by molar-refractivity contribution is 6.03. The van der Waals surface area contributed by atoms with Crippen LogP contribution in [0.5, 0.6) is 0 Å². The number of anilines is 1. The summed E-state index contributed by atoms with van der Waals surface area (Å²) in [6.07, 6.45) is 0. The van der Waals surface area contributed by atoms with Crippen LogP contribution in [0.1, 0.15) is 16.1 Å². The molecule has 0 aliphatic heterocycles. The second-order valence-electron chi connectivity index (χ2n) is 3.18. The molecule has 1 radical (unpaired) electrons. The third kappa shape index (κ3) is 2.22. The van der Waals surface area contributed by atoms with Crippen LogP contribution in [0.2, 0.25) is 0 Å². The fraction of sp³-hybridized carbons (Fsp3) is 0.0909. The van der Waals surface area contributed by atoms with E-state index in [2.05, 4.69) is 21.6 Å². The molecule has 0 saturated heterocycles. The number of nitrogens with one attached hydrogen (secondary N) is 2. The monoisotopic (exact) mass is 200 g/mol. The van der Waals surface area contributed by atoms with Gasteiger partial charge in [0.15, 0.2) is 5.82 Å². The normalized spacial score (nSPS) is 9.93. The quantitative estimate of drug-likeness (QED) is 0.776. The summed E-state index contributed by atoms with van der Waals surface area (Å²) in [4.78, 5) is 11.6. The zero-order valence-corrected chi connectivity index (χ0v) is 8.24. The van der Waals surface area contributed by atoms with Gasteiger partial charge in [0.1, 0.15) is 0 Å². The average molecular weight is 200 g/mol. The Morgan fingerprint density at radius 2 is 2.20 bits per heavy atom. The summed E-state index contributed by atoms with van der Waals surface area (Å²) in [5.41, 5.74) is 1.50. The second kappa shape index (κ2) is 3.96. The van der Waals surface area contributed by atoms with E-state index in [-0.39, 0.29) is 5.91 Å². The lowest BCUT2D eigenvalue weighted by atomic mass is 10.2. The van der Waals surface area contributed by atoms with Crippen molar-refractivity contribution in [1.82, 2.24) is 10.2 Å². The molecule has 0 fully saturated rings. The maximum absolute atomic E-state index is 11.6. The molecule has 1 amide bonds. The maximum atomic E-state index is 11.6. The van der Waals surface area contributed by atoms with Crippen molar-refractivity contribution in [3.8, 4) is 0 Å². The number of hydrogen-bond acceptors (Lipinski definition) is 2. The first-order valence-corrected chi connectivity index (χ1v) is 4.55. The van der Waals surface area contributed by atoms with Gasteiger partial charge >= 0.3 is 0 Å². The molecule has 75 valence electrons. The van der Waals surface area contributed by atoms with Crippen LogP contribution in [0.4, 0.5) is 5.82 Å². The van der Waals surface area contributed by atoms with E-state index in [1.54, 1.807) is 30.3 Å². The van der Waals surface area contributed by atoms with Crippen molar-refractivity contribution < 1.29 is 4.79 Å². The Labute approximate surface area is 87.3 Å². The molecule has 1 aromatic heterocycles. The summed E-state index contributed by atoms with van der Waals surface area (Å²) in [5, 5.41) is 9.35. The van der Waals surface area contributed by atoms with E-state index in [0.717, 1.165) is 5.69 Å². The van der Waals surface area contributed by atoms with E-state index in [4.69, 9.17) is 0 Å². The Morgan fingerprint density at radius 1 is 1.47 bits per heavy atom. The predicted octanol–water partition coefficient (Wildman–Crippen LogP) is 1.77. The highest BCUT2D eigenvalue weighted by Gasteiger charge is 2.06. The number of aromatic amines is 1. The zero-order chi connectivity index (χ0) is 10.7. The van der Waals surface area contributed by atoms with Crippen molar-refractivity contribution in [1.29, 1.82) is 0 Å². The number of rotatable bonds is 2. The average Bonchev–Trinajstić information content (AvgIpc) is 2.65. The number of nitrogens with zero attached hydrogens (tertiary/aromatic N) is 1. The van der Waals surface area contributed by atoms with Crippen molar-refractivity contribution in [2.24, 2.45) is 0 Å². The summed E-state index contributed by atoms with van der Waals surface area (Å²) in [6, 6.07) is 11.4. The van der Waals surface area contributed by atoms with Gasteiger partial charge in [0.05, 0.1) is 0 Å². The number of hydrogen-bond donors (Lipinski definition) is 2. The third-order valence-corrected chi connectivity index (χ3v) is 1.93. The molecule has 0 spiro atoms. The van der Waals surface area contributed by atoms with Crippen LogP contribution in [0.25, 0.3) is 0 Å². The first-order chi connectivity index (χ1) is 7.25. The minimum atomic E-state index is -0.171. The molecule has 0 saturated carbocycles. The molecule has 4 nitrogen and oxygen atoms in total. The van der Waals surface area contributed by atoms with Gasteiger partial charge in [0.25, 0.3) is 5.91 Å². The summed E-state index contributed by atoms with van der Waals surface area (Å²) in [5.74, 6) is 0.362. The molecule has 2 N–H and O–H groups in total. The standard InChI is InChI=1S/C11H10N3O/c1-8-7-10(14-13-8)12-11(15)9-5-3-2-4-6-9/h3-7H,1H3,(H2,12,13,14,15). The minimum absolute atomic E-state index is 0.171. The number of amides is 1. The molecule has 0 aliphatic carbocycles. The molecule has 1 heterocycles. The smallest absolute Gasteiger partial charge is 0.256 e. The minimum Gasteiger partial charge on any atom is -0.305 e. The van der Waals surface area contributed by atoms with Gasteiger partial charge in [-0.2, -0.15) is 5.10 Å². The Balaban J connectivity index is 2.11. The molecule has 15 heavy (non-hydrogen) atoms. The van der Waals surface area contributed by atoms with E-state index in [9.17, 15) is 4.79 Å². The number of benzene rings is 1. The fourth-order valence-electron chi connectivity index (χ4n) is 1.21. The topological polar surface area (TPSA) is 57.8 Å². The Morgan fingerprint density at radius 3 is 2.80 bits per heavy atom. The summed E-state index contributed by atoms with van der Waals surface area (Å²) in [7, 11) is 0. The van der Waals surface area contributed by atoms with Crippen LogP contribution in [0, 0.1) is 13.0 Å². The molecule has 0 aliphatic rings. The van der Waals surface area contributed by atoms with Crippen LogP contribution in [-0.2, 0) is 0 Å². The fourth-order valence-corrected chi connectivity index (χ4v) is 1.21. The SMILES string of the molecule is Cc1cc(NC(=O)c2cc[c]cc2)n[nH]1. The van der Waals surface area contributed by atoms with Gasteiger partial charge in [-0.15, -0.1) is 0 Å². The highest BCUT2D eigenvalue weighted by atomic mass is 16.1. The van der Waals surface area contributed by atoms with Gasteiger partial charge in [0.2, 0.25) is 0 Å². The molecule has 0 atom stereocenters. The van der Waals surface area contributed by atoms with Crippen LogP contribution in [-0.4, -0.2) is 16.1 Å². The van der Waals surface area contributed by atoms with Crippen molar-refractivity contribution in [2.45, 2.75) is 6.92 Å². The Kier molecular flexibility index (Phi) is 2.49. The zero-order valence-electron chi connectivity index (χ0n) is 8.24. The molecule has 0 bridgehead atoms. The van der Waals surface area contributed by atoms with E-state index in [0.29, 0.717) is 11.4 Å². The van der Waals surface area contributed by atoms with Gasteiger partial charge in [-0.25, -0.2) is 0 Å². The molecular weight excluding hydrogens is 190 g/mol. The number of aromatic nitrogens is 2.